The third-order valence-electron chi connectivity index (χ3n) is 3.29. The normalized spacial score (nSPS) is 21.3. The monoisotopic (exact) mass is 249 g/mol. The maximum atomic E-state index is 11.6. The van der Waals surface area contributed by atoms with Crippen molar-refractivity contribution < 1.29 is 4.79 Å². The van der Waals surface area contributed by atoms with E-state index in [9.17, 15) is 4.79 Å². The number of nitrogens with zero attached hydrogens (tertiary/aromatic N) is 4. The van der Waals surface area contributed by atoms with Crippen LogP contribution in [0, 0.1) is 0 Å². The zero-order valence-corrected chi connectivity index (χ0v) is 10.8. The molecule has 1 aliphatic heterocycles. The minimum atomic E-state index is -0.280. The minimum Gasteiger partial charge on any atom is -0.368 e. The molecule has 1 aliphatic rings. The lowest BCUT2D eigenvalue weighted by molar-refractivity contribution is -0.124. The Morgan fingerprint density at radius 2 is 2.22 bits per heavy atom. The molecule has 1 amide bonds. The van der Waals surface area contributed by atoms with Crippen LogP contribution in [0.4, 0.5) is 5.82 Å². The average molecular weight is 249 g/mol. The van der Waals surface area contributed by atoms with Gasteiger partial charge >= 0.3 is 0 Å². The van der Waals surface area contributed by atoms with Gasteiger partial charge in [0.1, 0.15) is 11.9 Å². The number of amides is 1. The van der Waals surface area contributed by atoms with Gasteiger partial charge in [0, 0.05) is 38.1 Å². The first-order chi connectivity index (χ1) is 8.59. The van der Waals surface area contributed by atoms with Gasteiger partial charge < -0.3 is 10.6 Å². The summed E-state index contributed by atoms with van der Waals surface area (Å²) in [7, 11) is 0. The predicted molar refractivity (Wildman–Crippen MR) is 69.1 cm³/mol. The van der Waals surface area contributed by atoms with Gasteiger partial charge in [0.25, 0.3) is 0 Å². The Morgan fingerprint density at radius 1 is 1.44 bits per heavy atom. The maximum Gasteiger partial charge on any atom is 0.236 e. The minimum absolute atomic E-state index is 0.263. The fraction of sp³-hybridized carbons (Fsp3) is 0.583. The highest BCUT2D eigenvalue weighted by Gasteiger charge is 2.32. The molecule has 6 heteroatoms. The third-order valence-corrected chi connectivity index (χ3v) is 3.29. The lowest BCUT2D eigenvalue weighted by atomic mass is 10.1. The highest BCUT2D eigenvalue weighted by atomic mass is 16.1. The van der Waals surface area contributed by atoms with E-state index in [0.29, 0.717) is 12.6 Å². The Balaban J connectivity index is 2.14. The van der Waals surface area contributed by atoms with Crippen LogP contribution in [0.15, 0.2) is 18.6 Å². The molecule has 98 valence electrons. The SMILES string of the molecule is CC(C)N1CCN(c2cnccn2)C[C@@H]1C(N)=O. The zero-order valence-electron chi connectivity index (χ0n) is 10.8. The summed E-state index contributed by atoms with van der Waals surface area (Å²) >= 11 is 0. The van der Waals surface area contributed by atoms with Crippen molar-refractivity contribution in [2.75, 3.05) is 24.5 Å². The lowest BCUT2D eigenvalue weighted by Crippen LogP contribution is -2.60. The number of nitrogens with two attached hydrogens (primary N) is 1. The Labute approximate surface area is 107 Å². The van der Waals surface area contributed by atoms with Crippen molar-refractivity contribution in [3.63, 3.8) is 0 Å². The van der Waals surface area contributed by atoms with Gasteiger partial charge in [-0.1, -0.05) is 0 Å². The number of hydrogen-bond acceptors (Lipinski definition) is 5. The second-order valence-corrected chi connectivity index (χ2v) is 4.76. The summed E-state index contributed by atoms with van der Waals surface area (Å²) < 4.78 is 0. The van der Waals surface area contributed by atoms with Gasteiger partial charge in [-0.05, 0) is 13.8 Å². The summed E-state index contributed by atoms with van der Waals surface area (Å²) in [6.45, 7) is 6.37. The van der Waals surface area contributed by atoms with Crippen molar-refractivity contribution in [1.29, 1.82) is 0 Å². The molecule has 1 saturated heterocycles. The first kappa shape index (κ1) is 12.8. The molecule has 2 N–H and O–H groups in total. The number of hydrogen-bond donors (Lipinski definition) is 1. The molecule has 18 heavy (non-hydrogen) atoms. The number of carbonyl (C=O) groups is 1. The molecule has 2 heterocycles. The van der Waals surface area contributed by atoms with Crippen LogP contribution < -0.4 is 10.6 Å². The second kappa shape index (κ2) is 5.30. The summed E-state index contributed by atoms with van der Waals surface area (Å²) in [5.41, 5.74) is 5.49. The first-order valence-electron chi connectivity index (χ1n) is 6.15. The lowest BCUT2D eigenvalue weighted by Gasteiger charge is -2.42. The first-order valence-corrected chi connectivity index (χ1v) is 6.15. The van der Waals surface area contributed by atoms with Crippen LogP contribution in [0.2, 0.25) is 0 Å². The van der Waals surface area contributed by atoms with Crippen molar-refractivity contribution in [2.24, 2.45) is 5.73 Å². The third kappa shape index (κ3) is 2.59. The van der Waals surface area contributed by atoms with Crippen LogP contribution in [-0.4, -0.2) is 52.5 Å². The number of anilines is 1. The van der Waals surface area contributed by atoms with Crippen LogP contribution in [0.5, 0.6) is 0 Å². The highest BCUT2D eigenvalue weighted by Crippen LogP contribution is 2.17. The smallest absolute Gasteiger partial charge is 0.236 e. The molecule has 1 atom stereocenters. The van der Waals surface area contributed by atoms with Crippen molar-refractivity contribution in [1.82, 2.24) is 14.9 Å². The molecule has 0 aromatic carbocycles. The number of piperazine rings is 1. The van der Waals surface area contributed by atoms with Crippen molar-refractivity contribution in [3.8, 4) is 0 Å². The molecule has 1 fully saturated rings. The summed E-state index contributed by atoms with van der Waals surface area (Å²) in [6, 6.07) is 0.0484. The summed E-state index contributed by atoms with van der Waals surface area (Å²) in [5.74, 6) is 0.518. The van der Waals surface area contributed by atoms with Gasteiger partial charge in [-0.25, -0.2) is 4.98 Å². The number of rotatable bonds is 3. The van der Waals surface area contributed by atoms with Crippen LogP contribution in [0.3, 0.4) is 0 Å². The van der Waals surface area contributed by atoms with E-state index in [1.54, 1.807) is 18.6 Å². The van der Waals surface area contributed by atoms with Crippen molar-refractivity contribution in [3.05, 3.63) is 18.6 Å². The molecule has 0 radical (unpaired) electrons. The molecule has 0 aliphatic carbocycles. The van der Waals surface area contributed by atoms with Crippen LogP contribution >= 0.6 is 0 Å². The largest absolute Gasteiger partial charge is 0.368 e. The van der Waals surface area contributed by atoms with Crippen molar-refractivity contribution >= 4 is 11.7 Å². The van der Waals surface area contributed by atoms with Crippen LogP contribution in [0.1, 0.15) is 13.8 Å². The average Bonchev–Trinajstić information content (AvgIpc) is 2.39. The molecule has 1 aromatic heterocycles. The van der Waals surface area contributed by atoms with E-state index >= 15 is 0 Å². The zero-order chi connectivity index (χ0) is 13.1. The molecule has 0 unspecified atom stereocenters. The standard InChI is InChI=1S/C12H19N5O/c1-9(2)17-6-5-16(8-10(17)12(13)18)11-7-14-3-4-15-11/h3-4,7,9-10H,5-6,8H2,1-2H3,(H2,13,18)/t10-/m1/s1. The molecular weight excluding hydrogens is 230 g/mol. The quantitative estimate of drug-likeness (QED) is 0.807. The molecule has 0 bridgehead atoms. The van der Waals surface area contributed by atoms with Gasteiger partial charge in [0.2, 0.25) is 5.91 Å². The molecular formula is C12H19N5O. The van der Waals surface area contributed by atoms with Gasteiger partial charge in [0.05, 0.1) is 6.20 Å². The molecule has 1 aromatic rings. The van der Waals surface area contributed by atoms with Gasteiger partial charge in [-0.15, -0.1) is 0 Å². The van der Waals surface area contributed by atoms with Gasteiger partial charge in [0.15, 0.2) is 0 Å². The Bertz CT molecular complexity index is 408. The molecule has 6 nitrogen and oxygen atoms in total. The summed E-state index contributed by atoms with van der Waals surface area (Å²) in [4.78, 5) is 24.1. The number of carbonyl (C=O) groups excluding carboxylic acids is 1. The van der Waals surface area contributed by atoms with Crippen LogP contribution in [0.25, 0.3) is 0 Å². The molecule has 2 rings (SSSR count). The Kier molecular flexibility index (Phi) is 3.76. The fourth-order valence-electron chi connectivity index (χ4n) is 2.33. The van der Waals surface area contributed by atoms with E-state index in [0.717, 1.165) is 18.9 Å². The number of aromatic nitrogens is 2. The van der Waals surface area contributed by atoms with Crippen molar-refractivity contribution in [2.45, 2.75) is 25.9 Å². The Morgan fingerprint density at radius 3 is 2.78 bits per heavy atom. The van der Waals surface area contributed by atoms with E-state index < -0.39 is 0 Å². The molecule has 0 saturated carbocycles. The van der Waals surface area contributed by atoms with E-state index in [2.05, 4.69) is 33.6 Å². The van der Waals surface area contributed by atoms with Gasteiger partial charge in [-0.2, -0.15) is 0 Å². The van der Waals surface area contributed by atoms with E-state index in [1.165, 1.54) is 0 Å². The summed E-state index contributed by atoms with van der Waals surface area (Å²) in [6.07, 6.45) is 5.01. The highest BCUT2D eigenvalue weighted by molar-refractivity contribution is 5.81. The molecule has 0 spiro atoms. The fourth-order valence-corrected chi connectivity index (χ4v) is 2.33. The topological polar surface area (TPSA) is 75.3 Å². The predicted octanol–water partition coefficient (Wildman–Crippen LogP) is -0.139. The Hall–Kier alpha value is -1.69. The maximum absolute atomic E-state index is 11.6. The second-order valence-electron chi connectivity index (χ2n) is 4.76. The summed E-state index contributed by atoms with van der Waals surface area (Å²) in [5, 5.41) is 0. The van der Waals surface area contributed by atoms with Crippen LogP contribution in [-0.2, 0) is 4.79 Å². The number of primary amides is 1. The van der Waals surface area contributed by atoms with Gasteiger partial charge in [-0.3, -0.25) is 14.7 Å². The van der Waals surface area contributed by atoms with E-state index in [4.69, 9.17) is 5.73 Å². The van der Waals surface area contributed by atoms with E-state index in [1.807, 2.05) is 0 Å². The van der Waals surface area contributed by atoms with E-state index in [-0.39, 0.29) is 11.9 Å².